The minimum Gasteiger partial charge on any atom is -0.486 e. The second-order valence-corrected chi connectivity index (χ2v) is 6.84. The highest BCUT2D eigenvalue weighted by molar-refractivity contribution is 9.10. The summed E-state index contributed by atoms with van der Waals surface area (Å²) >= 11 is 10.1. The van der Waals surface area contributed by atoms with E-state index < -0.39 is 0 Å². The van der Waals surface area contributed by atoms with Crippen LogP contribution in [-0.2, 0) is 6.61 Å². The molecule has 2 N–H and O–H groups in total. The van der Waals surface area contributed by atoms with Gasteiger partial charge in [0, 0.05) is 4.47 Å². The highest BCUT2D eigenvalue weighted by atomic mass is 79.9. The fourth-order valence-electron chi connectivity index (χ4n) is 1.94. The van der Waals surface area contributed by atoms with Crippen molar-refractivity contribution in [3.8, 4) is 5.75 Å². The Morgan fingerprint density at radius 3 is 2.86 bits per heavy atom. The molecule has 0 bridgehead atoms. The fraction of sp³-hybridized carbons (Fsp3) is 0.0667. The van der Waals surface area contributed by atoms with E-state index in [1.807, 2.05) is 36.4 Å². The van der Waals surface area contributed by atoms with E-state index in [0.717, 1.165) is 25.3 Å². The maximum absolute atomic E-state index is 5.83. The minimum absolute atomic E-state index is 0.315. The maximum Gasteiger partial charge on any atom is 0.140 e. The van der Waals surface area contributed by atoms with Crippen LogP contribution in [0.25, 0.3) is 10.2 Å². The smallest absolute Gasteiger partial charge is 0.140 e. The molecule has 2 aromatic carbocycles. The number of fused-ring (bicyclic) bond motifs is 1. The summed E-state index contributed by atoms with van der Waals surface area (Å²) in [7, 11) is 0. The number of benzene rings is 2. The van der Waals surface area contributed by atoms with E-state index in [0.29, 0.717) is 17.3 Å². The van der Waals surface area contributed by atoms with Crippen molar-refractivity contribution in [2.45, 2.75) is 6.61 Å². The molecule has 0 spiro atoms. The number of nitrogens with zero attached hydrogens (tertiary/aromatic N) is 1. The van der Waals surface area contributed by atoms with Crippen LogP contribution in [-0.4, -0.2) is 9.97 Å². The van der Waals surface area contributed by atoms with Crippen LogP contribution in [0.4, 0.5) is 0 Å². The van der Waals surface area contributed by atoms with Crippen LogP contribution >= 0.6 is 39.5 Å². The Kier molecular flexibility index (Phi) is 4.19. The summed E-state index contributed by atoms with van der Waals surface area (Å²) in [5.41, 5.74) is 7.45. The topological polar surface area (TPSA) is 48.1 Å². The number of ether oxygens (including phenoxy) is 1. The molecule has 106 valence electrons. The van der Waals surface area contributed by atoms with E-state index in [2.05, 4.69) is 27.0 Å². The third-order valence-corrected chi connectivity index (χ3v) is 4.62. The first-order chi connectivity index (χ1) is 10.1. The van der Waals surface area contributed by atoms with Crippen molar-refractivity contribution in [3.63, 3.8) is 0 Å². The van der Waals surface area contributed by atoms with Crippen molar-refractivity contribution < 1.29 is 4.74 Å². The Morgan fingerprint density at radius 1 is 1.29 bits per heavy atom. The highest BCUT2D eigenvalue weighted by Gasteiger charge is 2.09. The standard InChI is InChI=1S/C15H11BrN2OS2/c16-9-5-6-12(10(7-9)15(17)20)19-8-14-18-11-3-1-2-4-13(11)21-14/h1-7H,8H2,(H2,17,20). The van der Waals surface area contributed by atoms with Crippen molar-refractivity contribution in [2.75, 3.05) is 0 Å². The van der Waals surface area contributed by atoms with Crippen LogP contribution in [0, 0.1) is 0 Å². The summed E-state index contributed by atoms with van der Waals surface area (Å²) in [5, 5.41) is 0.924. The molecule has 0 aliphatic rings. The summed E-state index contributed by atoms with van der Waals surface area (Å²) in [6, 6.07) is 13.6. The highest BCUT2D eigenvalue weighted by Crippen LogP contribution is 2.26. The summed E-state index contributed by atoms with van der Waals surface area (Å²) in [4.78, 5) is 4.86. The molecule has 0 aliphatic heterocycles. The van der Waals surface area contributed by atoms with Crippen LogP contribution in [0.5, 0.6) is 5.75 Å². The Labute approximate surface area is 139 Å². The Balaban J connectivity index is 1.83. The molecular formula is C15H11BrN2OS2. The van der Waals surface area contributed by atoms with Gasteiger partial charge in [0.15, 0.2) is 0 Å². The molecule has 3 rings (SSSR count). The number of thiocarbonyl (C=S) groups is 1. The quantitative estimate of drug-likeness (QED) is 0.688. The fourth-order valence-corrected chi connectivity index (χ4v) is 3.34. The first-order valence-electron chi connectivity index (χ1n) is 6.20. The molecule has 0 saturated heterocycles. The van der Waals surface area contributed by atoms with Gasteiger partial charge in [0.25, 0.3) is 0 Å². The van der Waals surface area contributed by atoms with Gasteiger partial charge in [0.2, 0.25) is 0 Å². The van der Waals surface area contributed by atoms with Gasteiger partial charge in [-0.2, -0.15) is 0 Å². The average molecular weight is 379 g/mol. The molecule has 0 fully saturated rings. The van der Waals surface area contributed by atoms with Gasteiger partial charge in [-0.05, 0) is 30.3 Å². The van der Waals surface area contributed by atoms with Crippen molar-refractivity contribution in [1.29, 1.82) is 0 Å². The zero-order chi connectivity index (χ0) is 14.8. The summed E-state index contributed by atoms with van der Waals surface area (Å²) in [6.07, 6.45) is 0. The van der Waals surface area contributed by atoms with Gasteiger partial charge in [0.05, 0.1) is 15.8 Å². The van der Waals surface area contributed by atoms with Crippen LogP contribution in [0.1, 0.15) is 10.6 Å². The molecule has 0 amide bonds. The molecule has 21 heavy (non-hydrogen) atoms. The lowest BCUT2D eigenvalue weighted by Gasteiger charge is -2.09. The zero-order valence-corrected chi connectivity index (χ0v) is 14.1. The van der Waals surface area contributed by atoms with E-state index in [-0.39, 0.29) is 0 Å². The molecule has 0 saturated carbocycles. The number of hydrogen-bond donors (Lipinski definition) is 1. The largest absolute Gasteiger partial charge is 0.486 e. The van der Waals surface area contributed by atoms with Gasteiger partial charge in [-0.25, -0.2) is 4.98 Å². The predicted octanol–water partition coefficient (Wildman–Crippen LogP) is 4.27. The molecule has 0 atom stereocenters. The lowest BCUT2D eigenvalue weighted by atomic mass is 10.2. The van der Waals surface area contributed by atoms with E-state index in [1.165, 1.54) is 0 Å². The van der Waals surface area contributed by atoms with E-state index in [1.54, 1.807) is 11.3 Å². The first kappa shape index (κ1) is 14.4. The molecule has 1 aromatic heterocycles. The second-order valence-electron chi connectivity index (χ2n) is 4.37. The summed E-state index contributed by atoms with van der Waals surface area (Å²) in [6.45, 7) is 0.399. The van der Waals surface area contributed by atoms with Gasteiger partial charge in [-0.1, -0.05) is 40.3 Å². The summed E-state index contributed by atoms with van der Waals surface area (Å²) < 4.78 is 7.90. The molecular weight excluding hydrogens is 368 g/mol. The van der Waals surface area contributed by atoms with Gasteiger partial charge in [0.1, 0.15) is 22.4 Å². The Hall–Kier alpha value is -1.50. The summed E-state index contributed by atoms with van der Waals surface area (Å²) in [5.74, 6) is 0.671. The monoisotopic (exact) mass is 378 g/mol. The number of nitrogens with two attached hydrogens (primary N) is 1. The number of rotatable bonds is 4. The zero-order valence-electron chi connectivity index (χ0n) is 10.9. The number of thiazole rings is 1. The number of aromatic nitrogens is 1. The lowest BCUT2D eigenvalue weighted by Crippen LogP contribution is -2.11. The first-order valence-corrected chi connectivity index (χ1v) is 8.22. The number of para-hydroxylation sites is 1. The van der Waals surface area contributed by atoms with Gasteiger partial charge in [-0.15, -0.1) is 11.3 Å². The van der Waals surface area contributed by atoms with Crippen molar-refractivity contribution >= 4 is 54.7 Å². The van der Waals surface area contributed by atoms with Crippen molar-refractivity contribution in [1.82, 2.24) is 4.98 Å². The molecule has 0 radical (unpaired) electrons. The molecule has 6 heteroatoms. The van der Waals surface area contributed by atoms with Crippen molar-refractivity contribution in [2.24, 2.45) is 5.73 Å². The van der Waals surface area contributed by atoms with Crippen LogP contribution in [0.15, 0.2) is 46.9 Å². The average Bonchev–Trinajstić information content (AvgIpc) is 2.88. The Bertz CT molecular complexity index is 783. The predicted molar refractivity (Wildman–Crippen MR) is 94.0 cm³/mol. The lowest BCUT2D eigenvalue weighted by molar-refractivity contribution is 0.305. The van der Waals surface area contributed by atoms with Gasteiger partial charge in [-0.3, -0.25) is 0 Å². The van der Waals surface area contributed by atoms with E-state index in [4.69, 9.17) is 22.7 Å². The molecule has 0 aliphatic carbocycles. The third kappa shape index (κ3) is 3.23. The third-order valence-electron chi connectivity index (χ3n) is 2.90. The Morgan fingerprint density at radius 2 is 2.10 bits per heavy atom. The molecule has 3 nitrogen and oxygen atoms in total. The van der Waals surface area contributed by atoms with Crippen LogP contribution in [0.3, 0.4) is 0 Å². The van der Waals surface area contributed by atoms with E-state index in [9.17, 15) is 0 Å². The maximum atomic E-state index is 5.83. The molecule has 1 heterocycles. The SMILES string of the molecule is NC(=S)c1cc(Br)ccc1OCc1nc2ccccc2s1. The second kappa shape index (κ2) is 6.09. The number of hydrogen-bond acceptors (Lipinski definition) is 4. The normalized spacial score (nSPS) is 10.7. The van der Waals surface area contributed by atoms with Crippen molar-refractivity contribution in [3.05, 3.63) is 57.5 Å². The minimum atomic E-state index is 0.315. The van der Waals surface area contributed by atoms with Gasteiger partial charge < -0.3 is 10.5 Å². The van der Waals surface area contributed by atoms with Gasteiger partial charge >= 0.3 is 0 Å². The van der Waals surface area contributed by atoms with Crippen LogP contribution in [0.2, 0.25) is 0 Å². The molecule has 0 unspecified atom stereocenters. The number of halogens is 1. The van der Waals surface area contributed by atoms with Crippen LogP contribution < -0.4 is 10.5 Å². The molecule has 3 aromatic rings. The van der Waals surface area contributed by atoms with E-state index >= 15 is 0 Å².